The lowest BCUT2D eigenvalue weighted by Gasteiger charge is -2.19. The van der Waals surface area contributed by atoms with E-state index >= 15 is 0 Å². The standard InChI is InChI=1S/C20H20ClN2O3P/c1-4-5-13-8-12(2)9-15(10-13)27(25,26-3)19-16-11-14(21)6-7-17(16)23-18(19)20(22)24/h4-11,23H,1-3H3,(H2,22,24)/b5-4+. The first-order chi connectivity index (χ1) is 12.8. The van der Waals surface area contributed by atoms with E-state index in [0.717, 1.165) is 11.1 Å². The Labute approximate surface area is 162 Å². The molecule has 0 bridgehead atoms. The maximum Gasteiger partial charge on any atom is 0.266 e. The van der Waals surface area contributed by atoms with Gasteiger partial charge in [0.15, 0.2) is 0 Å². The molecule has 2 aromatic carbocycles. The summed E-state index contributed by atoms with van der Waals surface area (Å²) in [5.74, 6) is -0.712. The predicted octanol–water partition coefficient (Wildman–Crippen LogP) is 4.14. The number of nitrogens with two attached hydrogens (primary N) is 1. The van der Waals surface area contributed by atoms with Crippen LogP contribution in [0.15, 0.2) is 42.5 Å². The van der Waals surface area contributed by atoms with Crippen molar-refractivity contribution in [3.8, 4) is 0 Å². The fraction of sp³-hybridized carbons (Fsp3) is 0.150. The van der Waals surface area contributed by atoms with Gasteiger partial charge in [0.2, 0.25) is 0 Å². The Balaban J connectivity index is 2.39. The molecule has 5 nitrogen and oxygen atoms in total. The molecule has 0 saturated carbocycles. The molecule has 0 aliphatic rings. The second-order valence-electron chi connectivity index (χ2n) is 6.24. The van der Waals surface area contributed by atoms with Crippen molar-refractivity contribution in [3.05, 3.63) is 64.3 Å². The van der Waals surface area contributed by atoms with Crippen LogP contribution in [-0.2, 0) is 9.09 Å². The predicted molar refractivity (Wildman–Crippen MR) is 112 cm³/mol. The number of aromatic nitrogens is 1. The maximum absolute atomic E-state index is 14.1. The lowest BCUT2D eigenvalue weighted by Crippen LogP contribution is -2.26. The molecule has 3 aromatic rings. The first kappa shape index (κ1) is 19.4. The molecule has 1 heterocycles. The van der Waals surface area contributed by atoms with Gasteiger partial charge in [-0.2, -0.15) is 0 Å². The summed E-state index contributed by atoms with van der Waals surface area (Å²) in [4.78, 5) is 15.0. The summed E-state index contributed by atoms with van der Waals surface area (Å²) in [5, 5.41) is 1.74. The molecular weight excluding hydrogens is 383 g/mol. The molecule has 0 radical (unpaired) electrons. The van der Waals surface area contributed by atoms with Crippen molar-refractivity contribution < 1.29 is 13.9 Å². The largest absolute Gasteiger partial charge is 0.364 e. The molecule has 27 heavy (non-hydrogen) atoms. The third-order valence-corrected chi connectivity index (χ3v) is 7.06. The number of allylic oxidation sites excluding steroid dienone is 1. The molecule has 0 saturated heterocycles. The summed E-state index contributed by atoms with van der Waals surface area (Å²) in [6.07, 6.45) is 3.81. The average molecular weight is 403 g/mol. The Morgan fingerprint density at radius 1 is 1.26 bits per heavy atom. The smallest absolute Gasteiger partial charge is 0.266 e. The third kappa shape index (κ3) is 3.46. The van der Waals surface area contributed by atoms with Crippen molar-refractivity contribution in [1.82, 2.24) is 4.98 Å². The number of primary amides is 1. The Morgan fingerprint density at radius 2 is 2.00 bits per heavy atom. The van der Waals surface area contributed by atoms with Crippen LogP contribution in [0.1, 0.15) is 28.5 Å². The quantitative estimate of drug-likeness (QED) is 0.629. The van der Waals surface area contributed by atoms with Crippen LogP contribution in [0.25, 0.3) is 17.0 Å². The van der Waals surface area contributed by atoms with Crippen molar-refractivity contribution >= 4 is 52.5 Å². The van der Waals surface area contributed by atoms with E-state index in [-0.39, 0.29) is 11.0 Å². The Bertz CT molecular complexity index is 1120. The van der Waals surface area contributed by atoms with Gasteiger partial charge in [-0.3, -0.25) is 9.36 Å². The Morgan fingerprint density at radius 3 is 2.63 bits per heavy atom. The lowest BCUT2D eigenvalue weighted by atomic mass is 10.1. The van der Waals surface area contributed by atoms with Crippen LogP contribution >= 0.6 is 19.0 Å². The Kier molecular flexibility index (Phi) is 5.29. The minimum atomic E-state index is -3.62. The van der Waals surface area contributed by atoms with Gasteiger partial charge in [-0.25, -0.2) is 0 Å². The van der Waals surface area contributed by atoms with Crippen molar-refractivity contribution in [1.29, 1.82) is 0 Å². The van der Waals surface area contributed by atoms with Crippen LogP contribution in [0.2, 0.25) is 5.02 Å². The highest BCUT2D eigenvalue weighted by atomic mass is 35.5. The molecule has 0 spiro atoms. The lowest BCUT2D eigenvalue weighted by molar-refractivity contribution is 0.0997. The van der Waals surface area contributed by atoms with Crippen LogP contribution in [0.3, 0.4) is 0 Å². The number of aryl methyl sites for hydroxylation is 1. The van der Waals surface area contributed by atoms with Crippen LogP contribution < -0.4 is 16.3 Å². The zero-order valence-corrected chi connectivity index (χ0v) is 16.9. The molecule has 7 heteroatoms. The monoisotopic (exact) mass is 402 g/mol. The molecule has 3 N–H and O–H groups in total. The highest BCUT2D eigenvalue weighted by Gasteiger charge is 2.35. The van der Waals surface area contributed by atoms with E-state index in [1.165, 1.54) is 7.11 Å². The van der Waals surface area contributed by atoms with E-state index in [1.54, 1.807) is 30.3 Å². The number of carbonyl (C=O) groups excluding carboxylic acids is 1. The van der Waals surface area contributed by atoms with Crippen molar-refractivity contribution in [2.75, 3.05) is 7.11 Å². The molecule has 1 atom stereocenters. The topological polar surface area (TPSA) is 85.2 Å². The van der Waals surface area contributed by atoms with Gasteiger partial charge in [-0.1, -0.05) is 29.8 Å². The summed E-state index contributed by atoms with van der Waals surface area (Å²) >= 11 is 6.14. The van der Waals surface area contributed by atoms with Gasteiger partial charge in [0.1, 0.15) is 5.69 Å². The highest BCUT2D eigenvalue weighted by molar-refractivity contribution is 7.75. The number of rotatable bonds is 5. The Hall–Kier alpha value is -2.33. The number of hydrogen-bond donors (Lipinski definition) is 2. The van der Waals surface area contributed by atoms with Crippen LogP contribution in [0.4, 0.5) is 0 Å². The van der Waals surface area contributed by atoms with Gasteiger partial charge in [0, 0.05) is 28.3 Å². The second-order valence-corrected chi connectivity index (χ2v) is 9.11. The number of H-pyrrole nitrogens is 1. The van der Waals surface area contributed by atoms with E-state index < -0.39 is 13.3 Å². The highest BCUT2D eigenvalue weighted by Crippen LogP contribution is 2.47. The summed E-state index contributed by atoms with van der Waals surface area (Å²) in [6, 6.07) is 10.6. The van der Waals surface area contributed by atoms with Crippen LogP contribution in [0.5, 0.6) is 0 Å². The number of amides is 1. The number of aromatic amines is 1. The summed E-state index contributed by atoms with van der Waals surface area (Å²) in [6.45, 7) is 3.82. The van der Waals surface area contributed by atoms with Crippen LogP contribution in [0, 0.1) is 6.92 Å². The van der Waals surface area contributed by atoms with E-state index in [4.69, 9.17) is 21.9 Å². The van der Waals surface area contributed by atoms with Gasteiger partial charge in [0.05, 0.1) is 5.30 Å². The SMILES string of the molecule is C/C=C/c1cc(C)cc(P(=O)(OC)c2c(C(N)=O)[nH]c3ccc(Cl)cc23)c1. The van der Waals surface area contributed by atoms with E-state index in [0.29, 0.717) is 21.2 Å². The summed E-state index contributed by atoms with van der Waals surface area (Å²) in [5.41, 5.74) is 8.06. The van der Waals surface area contributed by atoms with Gasteiger partial charge < -0.3 is 15.2 Å². The first-order valence-electron chi connectivity index (χ1n) is 8.32. The van der Waals surface area contributed by atoms with E-state index in [9.17, 15) is 9.36 Å². The first-order valence-corrected chi connectivity index (χ1v) is 10.3. The minimum Gasteiger partial charge on any atom is -0.364 e. The van der Waals surface area contributed by atoms with Crippen molar-refractivity contribution in [2.24, 2.45) is 5.73 Å². The van der Waals surface area contributed by atoms with Gasteiger partial charge in [-0.05, 0) is 55.3 Å². The van der Waals surface area contributed by atoms with Crippen LogP contribution in [-0.4, -0.2) is 18.0 Å². The number of carbonyl (C=O) groups is 1. The molecule has 0 fully saturated rings. The van der Waals surface area contributed by atoms with Gasteiger partial charge in [0.25, 0.3) is 13.3 Å². The van der Waals surface area contributed by atoms with Gasteiger partial charge in [-0.15, -0.1) is 0 Å². The molecule has 1 amide bonds. The zero-order valence-electron chi connectivity index (χ0n) is 15.2. The minimum absolute atomic E-state index is 0.0616. The molecule has 140 valence electrons. The third-order valence-electron chi connectivity index (χ3n) is 4.31. The van der Waals surface area contributed by atoms with Gasteiger partial charge >= 0.3 is 0 Å². The fourth-order valence-electron chi connectivity index (χ4n) is 3.21. The number of fused-ring (bicyclic) bond motifs is 1. The number of hydrogen-bond acceptors (Lipinski definition) is 3. The molecule has 0 aliphatic heterocycles. The van der Waals surface area contributed by atoms with E-state index in [1.807, 2.05) is 32.1 Å². The summed E-state index contributed by atoms with van der Waals surface area (Å²) in [7, 11) is -2.25. The van der Waals surface area contributed by atoms with Crippen molar-refractivity contribution in [2.45, 2.75) is 13.8 Å². The molecular formula is C20H20ClN2O3P. The fourth-order valence-corrected chi connectivity index (χ4v) is 5.69. The number of nitrogens with one attached hydrogen (secondary N) is 1. The molecule has 3 rings (SSSR count). The number of halogens is 1. The van der Waals surface area contributed by atoms with Crippen molar-refractivity contribution in [3.63, 3.8) is 0 Å². The normalized spacial score (nSPS) is 13.9. The number of benzene rings is 2. The zero-order chi connectivity index (χ0) is 19.8. The maximum atomic E-state index is 14.1. The summed E-state index contributed by atoms with van der Waals surface area (Å²) < 4.78 is 19.6. The molecule has 0 aliphatic carbocycles. The molecule has 1 aromatic heterocycles. The average Bonchev–Trinajstić information content (AvgIpc) is 3.00. The molecule has 1 unspecified atom stereocenters. The van der Waals surface area contributed by atoms with E-state index in [2.05, 4.69) is 4.98 Å². The second kappa shape index (κ2) is 7.35.